The van der Waals surface area contributed by atoms with Gasteiger partial charge in [0, 0.05) is 24.3 Å². The van der Waals surface area contributed by atoms with Crippen LogP contribution in [0.1, 0.15) is 24.5 Å². The minimum absolute atomic E-state index is 0.00352. The predicted octanol–water partition coefficient (Wildman–Crippen LogP) is 3.63. The molecule has 6 heteroatoms. The number of urea groups is 1. The summed E-state index contributed by atoms with van der Waals surface area (Å²) < 4.78 is 5.43. The average Bonchev–Trinajstić information content (AvgIpc) is 3.00. The van der Waals surface area contributed by atoms with Crippen molar-refractivity contribution in [2.45, 2.75) is 33.2 Å². The van der Waals surface area contributed by atoms with Gasteiger partial charge in [0.15, 0.2) is 0 Å². The Labute approximate surface area is 159 Å². The highest BCUT2D eigenvalue weighted by atomic mass is 16.5. The van der Waals surface area contributed by atoms with Crippen molar-refractivity contribution in [3.8, 4) is 5.75 Å². The molecule has 3 rings (SSSR count). The lowest BCUT2D eigenvalue weighted by Gasteiger charge is -2.18. The van der Waals surface area contributed by atoms with E-state index in [2.05, 4.69) is 10.6 Å². The third-order valence-corrected chi connectivity index (χ3v) is 4.77. The Balaban J connectivity index is 1.60. The molecule has 0 unspecified atom stereocenters. The predicted molar refractivity (Wildman–Crippen MR) is 106 cm³/mol. The number of amides is 3. The second kappa shape index (κ2) is 8.12. The first-order valence-electron chi connectivity index (χ1n) is 9.15. The van der Waals surface area contributed by atoms with Crippen LogP contribution >= 0.6 is 0 Å². The molecule has 1 aliphatic heterocycles. The van der Waals surface area contributed by atoms with Gasteiger partial charge in [-0.1, -0.05) is 12.1 Å². The van der Waals surface area contributed by atoms with Gasteiger partial charge in [-0.2, -0.15) is 0 Å². The monoisotopic (exact) mass is 367 g/mol. The highest BCUT2D eigenvalue weighted by Gasteiger charge is 2.31. The summed E-state index contributed by atoms with van der Waals surface area (Å²) in [6.45, 7) is 6.95. The fourth-order valence-corrected chi connectivity index (χ4v) is 3.17. The molecule has 1 aliphatic rings. The van der Waals surface area contributed by atoms with E-state index in [4.69, 9.17) is 4.74 Å². The number of nitrogens with one attached hydrogen (secondary N) is 2. The number of aryl methyl sites for hydroxylation is 1. The van der Waals surface area contributed by atoms with E-state index in [-0.39, 0.29) is 24.4 Å². The first kappa shape index (κ1) is 18.8. The lowest BCUT2D eigenvalue weighted by atomic mass is 10.1. The summed E-state index contributed by atoms with van der Waals surface area (Å²) in [7, 11) is 0. The van der Waals surface area contributed by atoms with E-state index in [9.17, 15) is 9.59 Å². The van der Waals surface area contributed by atoms with Gasteiger partial charge in [-0.15, -0.1) is 0 Å². The largest absolute Gasteiger partial charge is 0.494 e. The summed E-state index contributed by atoms with van der Waals surface area (Å²) in [6, 6.07) is 12.7. The van der Waals surface area contributed by atoms with Crippen LogP contribution in [0, 0.1) is 13.8 Å². The number of anilines is 2. The number of ether oxygens (including phenoxy) is 1. The number of hydrogen-bond donors (Lipinski definition) is 2. The molecule has 1 atom stereocenters. The van der Waals surface area contributed by atoms with Crippen LogP contribution in [-0.4, -0.2) is 31.1 Å². The molecule has 142 valence electrons. The summed E-state index contributed by atoms with van der Waals surface area (Å²) in [5, 5.41) is 5.77. The second-order valence-electron chi connectivity index (χ2n) is 6.68. The van der Waals surface area contributed by atoms with Gasteiger partial charge in [0.05, 0.1) is 12.6 Å². The summed E-state index contributed by atoms with van der Waals surface area (Å²) in [4.78, 5) is 26.4. The number of carbonyl (C=O) groups excluding carboxylic acids is 2. The van der Waals surface area contributed by atoms with Crippen molar-refractivity contribution in [2.75, 3.05) is 23.4 Å². The fraction of sp³-hybridized carbons (Fsp3) is 0.333. The topological polar surface area (TPSA) is 70.7 Å². The Morgan fingerprint density at radius 2 is 1.93 bits per heavy atom. The van der Waals surface area contributed by atoms with Crippen LogP contribution in [-0.2, 0) is 4.79 Å². The van der Waals surface area contributed by atoms with Crippen molar-refractivity contribution in [2.24, 2.45) is 0 Å². The van der Waals surface area contributed by atoms with Gasteiger partial charge in [0.2, 0.25) is 5.91 Å². The van der Waals surface area contributed by atoms with E-state index in [1.807, 2.05) is 63.2 Å². The molecule has 0 aromatic heterocycles. The maximum atomic E-state index is 12.4. The quantitative estimate of drug-likeness (QED) is 0.848. The lowest BCUT2D eigenvalue weighted by molar-refractivity contribution is -0.117. The van der Waals surface area contributed by atoms with E-state index in [0.717, 1.165) is 28.3 Å². The zero-order valence-corrected chi connectivity index (χ0v) is 15.9. The highest BCUT2D eigenvalue weighted by Crippen LogP contribution is 2.24. The minimum atomic E-state index is -0.296. The van der Waals surface area contributed by atoms with Gasteiger partial charge in [0.1, 0.15) is 5.75 Å². The van der Waals surface area contributed by atoms with Gasteiger partial charge >= 0.3 is 6.03 Å². The summed E-state index contributed by atoms with van der Waals surface area (Å²) in [6.07, 6.45) is 0.285. The highest BCUT2D eigenvalue weighted by molar-refractivity contribution is 5.97. The van der Waals surface area contributed by atoms with Gasteiger partial charge in [-0.05, 0) is 62.2 Å². The van der Waals surface area contributed by atoms with Crippen LogP contribution in [0.15, 0.2) is 42.5 Å². The van der Waals surface area contributed by atoms with Gasteiger partial charge in [-0.3, -0.25) is 4.79 Å². The second-order valence-corrected chi connectivity index (χ2v) is 6.68. The van der Waals surface area contributed by atoms with Crippen molar-refractivity contribution >= 4 is 23.3 Å². The number of hydrogen-bond acceptors (Lipinski definition) is 3. The lowest BCUT2D eigenvalue weighted by Crippen LogP contribution is -2.39. The zero-order valence-electron chi connectivity index (χ0n) is 15.9. The number of rotatable bonds is 5. The molecule has 6 nitrogen and oxygen atoms in total. The van der Waals surface area contributed by atoms with E-state index >= 15 is 0 Å². The van der Waals surface area contributed by atoms with Gasteiger partial charge in [-0.25, -0.2) is 4.79 Å². The molecule has 0 bridgehead atoms. The van der Waals surface area contributed by atoms with Crippen molar-refractivity contribution < 1.29 is 14.3 Å². The van der Waals surface area contributed by atoms with E-state index in [1.54, 1.807) is 4.90 Å². The summed E-state index contributed by atoms with van der Waals surface area (Å²) >= 11 is 0. The Hall–Kier alpha value is -3.02. The van der Waals surface area contributed by atoms with Crippen LogP contribution in [0.25, 0.3) is 0 Å². The van der Waals surface area contributed by atoms with Crippen molar-refractivity contribution in [3.05, 3.63) is 53.6 Å². The molecule has 1 fully saturated rings. The summed E-state index contributed by atoms with van der Waals surface area (Å²) in [5.41, 5.74) is 3.74. The molecular formula is C21H25N3O3. The maximum Gasteiger partial charge on any atom is 0.319 e. The molecule has 0 saturated carbocycles. The van der Waals surface area contributed by atoms with E-state index < -0.39 is 0 Å². The van der Waals surface area contributed by atoms with Crippen LogP contribution in [0.5, 0.6) is 5.75 Å². The third-order valence-electron chi connectivity index (χ3n) is 4.77. The third kappa shape index (κ3) is 4.39. The van der Waals surface area contributed by atoms with Crippen LogP contribution in [0.4, 0.5) is 16.2 Å². The molecule has 1 saturated heterocycles. The number of benzene rings is 2. The Kier molecular flexibility index (Phi) is 5.64. The molecule has 27 heavy (non-hydrogen) atoms. The molecule has 0 aliphatic carbocycles. The molecule has 2 aromatic carbocycles. The fourth-order valence-electron chi connectivity index (χ4n) is 3.17. The Morgan fingerprint density at radius 3 is 2.63 bits per heavy atom. The van der Waals surface area contributed by atoms with Crippen LogP contribution in [0.2, 0.25) is 0 Å². The Morgan fingerprint density at radius 1 is 1.19 bits per heavy atom. The van der Waals surface area contributed by atoms with Crippen LogP contribution < -0.4 is 20.3 Å². The normalized spacial score (nSPS) is 16.3. The molecule has 2 aromatic rings. The van der Waals surface area contributed by atoms with Gasteiger partial charge < -0.3 is 20.3 Å². The molecule has 0 spiro atoms. The van der Waals surface area contributed by atoms with Gasteiger partial charge in [0.25, 0.3) is 0 Å². The Bertz CT molecular complexity index is 833. The molecule has 2 N–H and O–H groups in total. The molecule has 0 radical (unpaired) electrons. The molecule has 3 amide bonds. The first-order valence-corrected chi connectivity index (χ1v) is 9.15. The van der Waals surface area contributed by atoms with Crippen LogP contribution in [0.3, 0.4) is 0 Å². The number of nitrogens with zero attached hydrogens (tertiary/aromatic N) is 1. The van der Waals surface area contributed by atoms with E-state index in [0.29, 0.717) is 13.2 Å². The smallest absolute Gasteiger partial charge is 0.319 e. The van der Waals surface area contributed by atoms with E-state index in [1.165, 1.54) is 0 Å². The zero-order chi connectivity index (χ0) is 19.4. The van der Waals surface area contributed by atoms with Crippen molar-refractivity contribution in [1.29, 1.82) is 0 Å². The molecular weight excluding hydrogens is 342 g/mol. The standard InChI is InChI=1S/C21H25N3O3/c1-4-27-18-10-8-17(9-11-18)24-13-16(12-20(24)25)22-21(26)23-19-7-5-6-14(2)15(19)3/h5-11,16H,4,12-13H2,1-3H3,(H2,22,23,26)/t16-/m0/s1. The maximum absolute atomic E-state index is 12.4. The van der Waals surface area contributed by atoms with Crippen molar-refractivity contribution in [1.82, 2.24) is 5.32 Å². The minimum Gasteiger partial charge on any atom is -0.494 e. The summed E-state index contributed by atoms with van der Waals surface area (Å²) in [5.74, 6) is 0.770. The first-order chi connectivity index (χ1) is 13.0. The SMILES string of the molecule is CCOc1ccc(N2C[C@@H](NC(=O)Nc3cccc(C)c3C)CC2=O)cc1. The van der Waals surface area contributed by atoms with Crippen molar-refractivity contribution in [3.63, 3.8) is 0 Å². The average molecular weight is 367 g/mol. The number of carbonyl (C=O) groups is 2. The molecule has 1 heterocycles.